The fraction of sp³-hybridized carbons (Fsp3) is 0.524. The maximum Gasteiger partial charge on any atom is 0.290 e. The summed E-state index contributed by atoms with van der Waals surface area (Å²) in [5.41, 5.74) is 0.983. The molecule has 0 saturated heterocycles. The molecular formula is C21H30N2O4. The molecule has 1 atom stereocenters. The number of nitrogens with zero attached hydrogens (tertiary/aromatic N) is 2. The molecule has 0 aromatic heterocycles. The van der Waals surface area contributed by atoms with Crippen LogP contribution >= 0.6 is 0 Å². The van der Waals surface area contributed by atoms with Gasteiger partial charge < -0.3 is 19.6 Å². The number of carbonyl (C=O) groups is 2. The quantitative estimate of drug-likeness (QED) is 0.720. The number of methoxy groups -OCH3 is 1. The van der Waals surface area contributed by atoms with Crippen LogP contribution in [0, 0.1) is 5.92 Å². The van der Waals surface area contributed by atoms with Crippen molar-refractivity contribution in [2.75, 3.05) is 33.3 Å². The lowest BCUT2D eigenvalue weighted by Crippen LogP contribution is -2.38. The summed E-state index contributed by atoms with van der Waals surface area (Å²) in [6.07, 6.45) is 0. The topological polar surface area (TPSA) is 70.1 Å². The van der Waals surface area contributed by atoms with Crippen LogP contribution in [0.5, 0.6) is 5.75 Å². The predicted octanol–water partition coefficient (Wildman–Crippen LogP) is 2.96. The lowest BCUT2D eigenvalue weighted by molar-refractivity contribution is -0.129. The Morgan fingerprint density at radius 1 is 1.22 bits per heavy atom. The Hall–Kier alpha value is -2.34. The van der Waals surface area contributed by atoms with E-state index in [9.17, 15) is 14.7 Å². The van der Waals surface area contributed by atoms with E-state index in [0.29, 0.717) is 18.8 Å². The molecule has 0 bridgehead atoms. The van der Waals surface area contributed by atoms with Gasteiger partial charge in [-0.2, -0.15) is 0 Å². The molecule has 1 N–H and O–H groups in total. The van der Waals surface area contributed by atoms with Crippen molar-refractivity contribution < 1.29 is 19.4 Å². The minimum absolute atomic E-state index is 0.194. The average molecular weight is 374 g/mol. The van der Waals surface area contributed by atoms with Crippen LogP contribution in [0.4, 0.5) is 0 Å². The number of aliphatic hydroxyl groups excluding tert-OH is 1. The molecule has 27 heavy (non-hydrogen) atoms. The van der Waals surface area contributed by atoms with Crippen LogP contribution in [0.3, 0.4) is 0 Å². The molecule has 0 radical (unpaired) electrons. The second kappa shape index (κ2) is 9.04. The third kappa shape index (κ3) is 4.33. The van der Waals surface area contributed by atoms with Crippen molar-refractivity contribution in [1.82, 2.24) is 9.80 Å². The SMILES string of the molecule is CCN(CC)CCN1C(=O)C(O)=C(C(=O)C(C)C)C1c1ccc(OC)cc1. The molecule has 1 aliphatic heterocycles. The molecule has 1 aromatic rings. The van der Waals surface area contributed by atoms with E-state index in [2.05, 4.69) is 18.7 Å². The number of rotatable bonds is 9. The Morgan fingerprint density at radius 3 is 2.30 bits per heavy atom. The Morgan fingerprint density at radius 2 is 1.81 bits per heavy atom. The Labute approximate surface area is 161 Å². The number of benzene rings is 1. The van der Waals surface area contributed by atoms with E-state index in [1.54, 1.807) is 38.0 Å². The second-order valence-electron chi connectivity index (χ2n) is 6.98. The average Bonchev–Trinajstić information content (AvgIpc) is 2.93. The van der Waals surface area contributed by atoms with Crippen LogP contribution in [0.1, 0.15) is 39.3 Å². The van der Waals surface area contributed by atoms with Crippen molar-refractivity contribution in [2.45, 2.75) is 33.7 Å². The normalized spacial score (nSPS) is 17.4. The molecule has 6 nitrogen and oxygen atoms in total. The molecule has 1 heterocycles. The third-order valence-corrected chi connectivity index (χ3v) is 5.08. The zero-order chi connectivity index (χ0) is 20.1. The lowest BCUT2D eigenvalue weighted by atomic mass is 9.91. The molecule has 0 aliphatic carbocycles. The second-order valence-corrected chi connectivity index (χ2v) is 6.98. The van der Waals surface area contributed by atoms with Gasteiger partial charge in [-0.15, -0.1) is 0 Å². The first-order chi connectivity index (χ1) is 12.8. The summed E-state index contributed by atoms with van der Waals surface area (Å²) in [6, 6.07) is 6.71. The number of Topliss-reactive ketones (excluding diaryl/α,β-unsaturated/α-hetero) is 1. The number of hydrogen-bond acceptors (Lipinski definition) is 5. The summed E-state index contributed by atoms with van der Waals surface area (Å²) in [6.45, 7) is 10.6. The molecule has 0 fully saturated rings. The molecule has 1 amide bonds. The van der Waals surface area contributed by atoms with Gasteiger partial charge in [0.2, 0.25) is 0 Å². The van der Waals surface area contributed by atoms with E-state index >= 15 is 0 Å². The summed E-state index contributed by atoms with van der Waals surface area (Å²) in [4.78, 5) is 29.3. The zero-order valence-corrected chi connectivity index (χ0v) is 16.9. The maximum atomic E-state index is 12.8. The van der Waals surface area contributed by atoms with Gasteiger partial charge in [0.1, 0.15) is 5.75 Å². The minimum atomic E-state index is -0.575. The molecule has 1 aliphatic rings. The summed E-state index contributed by atoms with van der Waals surface area (Å²) in [5, 5.41) is 10.5. The fourth-order valence-electron chi connectivity index (χ4n) is 3.37. The number of ketones is 1. The first-order valence-electron chi connectivity index (χ1n) is 9.50. The number of amides is 1. The largest absolute Gasteiger partial charge is 0.503 e. The number of aliphatic hydroxyl groups is 1. The summed E-state index contributed by atoms with van der Waals surface area (Å²) >= 11 is 0. The Balaban J connectivity index is 2.42. The molecule has 1 aromatic carbocycles. The van der Waals surface area contributed by atoms with Crippen molar-refractivity contribution in [2.24, 2.45) is 5.92 Å². The van der Waals surface area contributed by atoms with Gasteiger partial charge in [-0.05, 0) is 30.8 Å². The summed E-state index contributed by atoms with van der Waals surface area (Å²) in [7, 11) is 1.59. The van der Waals surface area contributed by atoms with Crippen LogP contribution in [0.2, 0.25) is 0 Å². The number of carbonyl (C=O) groups excluding carboxylic acids is 2. The highest BCUT2D eigenvalue weighted by Crippen LogP contribution is 2.39. The van der Waals surface area contributed by atoms with E-state index in [4.69, 9.17) is 4.74 Å². The van der Waals surface area contributed by atoms with E-state index in [0.717, 1.165) is 18.7 Å². The molecule has 2 rings (SSSR count). The molecule has 0 spiro atoms. The standard InChI is InChI=1S/C21H30N2O4/c1-6-22(7-2)12-13-23-18(15-8-10-16(27-5)11-9-15)17(19(24)14(3)4)20(25)21(23)26/h8-11,14,18,25H,6-7,12-13H2,1-5H3. The Bertz CT molecular complexity index is 705. The van der Waals surface area contributed by atoms with Gasteiger partial charge in [0.25, 0.3) is 5.91 Å². The number of ether oxygens (including phenoxy) is 1. The van der Waals surface area contributed by atoms with Crippen LogP contribution in [-0.2, 0) is 9.59 Å². The van der Waals surface area contributed by atoms with Gasteiger partial charge in [0.15, 0.2) is 11.5 Å². The van der Waals surface area contributed by atoms with E-state index in [1.807, 2.05) is 12.1 Å². The molecule has 6 heteroatoms. The lowest BCUT2D eigenvalue weighted by Gasteiger charge is -2.29. The molecular weight excluding hydrogens is 344 g/mol. The van der Waals surface area contributed by atoms with Gasteiger partial charge in [0, 0.05) is 19.0 Å². The third-order valence-electron chi connectivity index (χ3n) is 5.08. The van der Waals surface area contributed by atoms with Crippen molar-refractivity contribution in [3.05, 3.63) is 41.2 Å². The van der Waals surface area contributed by atoms with Gasteiger partial charge in [-0.25, -0.2) is 0 Å². The minimum Gasteiger partial charge on any atom is -0.503 e. The summed E-state index contributed by atoms with van der Waals surface area (Å²) in [5.74, 6) is -0.714. The predicted molar refractivity (Wildman–Crippen MR) is 105 cm³/mol. The van der Waals surface area contributed by atoms with Crippen molar-refractivity contribution in [3.8, 4) is 5.75 Å². The van der Waals surface area contributed by atoms with E-state index < -0.39 is 17.7 Å². The van der Waals surface area contributed by atoms with Gasteiger partial charge in [0.05, 0.1) is 18.7 Å². The molecule has 148 valence electrons. The van der Waals surface area contributed by atoms with Crippen LogP contribution < -0.4 is 4.74 Å². The van der Waals surface area contributed by atoms with Crippen LogP contribution in [0.15, 0.2) is 35.6 Å². The first-order valence-corrected chi connectivity index (χ1v) is 9.50. The van der Waals surface area contributed by atoms with Crippen LogP contribution in [-0.4, -0.2) is 59.9 Å². The maximum absolute atomic E-state index is 12.8. The summed E-state index contributed by atoms with van der Waals surface area (Å²) < 4.78 is 5.21. The zero-order valence-electron chi connectivity index (χ0n) is 16.9. The van der Waals surface area contributed by atoms with Crippen molar-refractivity contribution in [1.29, 1.82) is 0 Å². The Kier molecular flexibility index (Phi) is 7.02. The monoisotopic (exact) mass is 374 g/mol. The highest BCUT2D eigenvalue weighted by Gasteiger charge is 2.43. The van der Waals surface area contributed by atoms with Gasteiger partial charge >= 0.3 is 0 Å². The van der Waals surface area contributed by atoms with Crippen LogP contribution in [0.25, 0.3) is 0 Å². The van der Waals surface area contributed by atoms with E-state index in [1.165, 1.54) is 0 Å². The van der Waals surface area contributed by atoms with Crippen molar-refractivity contribution >= 4 is 11.7 Å². The van der Waals surface area contributed by atoms with Gasteiger partial charge in [-0.3, -0.25) is 9.59 Å². The molecule has 1 unspecified atom stereocenters. The number of likely N-dealkylation sites (N-methyl/N-ethyl adjacent to an activating group) is 1. The first kappa shape index (κ1) is 21.0. The van der Waals surface area contributed by atoms with E-state index in [-0.39, 0.29) is 17.3 Å². The smallest absolute Gasteiger partial charge is 0.290 e. The van der Waals surface area contributed by atoms with Crippen molar-refractivity contribution in [3.63, 3.8) is 0 Å². The highest BCUT2D eigenvalue weighted by molar-refractivity contribution is 6.09. The van der Waals surface area contributed by atoms with Gasteiger partial charge in [-0.1, -0.05) is 39.8 Å². The molecule has 0 saturated carbocycles. The fourth-order valence-corrected chi connectivity index (χ4v) is 3.37. The highest BCUT2D eigenvalue weighted by atomic mass is 16.5. The number of hydrogen-bond donors (Lipinski definition) is 1.